The minimum absolute atomic E-state index is 0.0868. The van der Waals surface area contributed by atoms with Gasteiger partial charge in [-0.15, -0.1) is 0 Å². The van der Waals surface area contributed by atoms with E-state index >= 15 is 0 Å². The molecule has 0 radical (unpaired) electrons. The van der Waals surface area contributed by atoms with E-state index in [1.54, 1.807) is 13.0 Å². The fraction of sp³-hybridized carbons (Fsp3) is 0.500. The van der Waals surface area contributed by atoms with Crippen LogP contribution < -0.4 is 10.4 Å². The summed E-state index contributed by atoms with van der Waals surface area (Å²) < 4.78 is 10.6. The van der Waals surface area contributed by atoms with Gasteiger partial charge in [0.25, 0.3) is 0 Å². The van der Waals surface area contributed by atoms with Crippen molar-refractivity contribution in [2.24, 2.45) is 0 Å². The summed E-state index contributed by atoms with van der Waals surface area (Å²) in [6.07, 6.45) is 0.753. The van der Waals surface area contributed by atoms with E-state index in [2.05, 4.69) is 15.9 Å². The molecule has 0 bridgehead atoms. The summed E-state index contributed by atoms with van der Waals surface area (Å²) in [5, 5.41) is 0. The van der Waals surface area contributed by atoms with Crippen LogP contribution in [0.3, 0.4) is 0 Å². The quantitative estimate of drug-likeness (QED) is 0.669. The third-order valence-electron chi connectivity index (χ3n) is 2.35. The van der Waals surface area contributed by atoms with Crippen molar-refractivity contribution in [3.8, 4) is 5.75 Å². The van der Waals surface area contributed by atoms with Gasteiger partial charge in [-0.25, -0.2) is 4.79 Å². The highest BCUT2D eigenvalue weighted by atomic mass is 79.9. The van der Waals surface area contributed by atoms with Crippen LogP contribution in [-0.2, 0) is 6.42 Å². The maximum Gasteiger partial charge on any atom is 0.342 e. The van der Waals surface area contributed by atoms with Gasteiger partial charge >= 0.3 is 5.63 Å². The summed E-state index contributed by atoms with van der Waals surface area (Å²) in [6, 6.07) is 1.77. The highest BCUT2D eigenvalue weighted by Gasteiger charge is 2.27. The molecule has 0 N–H and O–H groups in total. The third-order valence-corrected chi connectivity index (χ3v) is 3.42. The Morgan fingerprint density at radius 3 is 3.00 bits per heavy atom. The van der Waals surface area contributed by atoms with Gasteiger partial charge in [0.1, 0.15) is 17.6 Å². The van der Waals surface area contributed by atoms with E-state index in [0.717, 1.165) is 0 Å². The molecule has 2 rings (SSSR count). The first-order valence-electron chi connectivity index (χ1n) is 4.52. The van der Waals surface area contributed by atoms with Crippen LogP contribution in [0.25, 0.3) is 0 Å². The highest BCUT2D eigenvalue weighted by molar-refractivity contribution is 9.09. The smallest absolute Gasteiger partial charge is 0.342 e. The van der Waals surface area contributed by atoms with E-state index in [4.69, 9.17) is 9.15 Å². The molecule has 14 heavy (non-hydrogen) atoms. The Balaban J connectivity index is 2.52. The van der Waals surface area contributed by atoms with E-state index in [-0.39, 0.29) is 16.6 Å². The van der Waals surface area contributed by atoms with Crippen molar-refractivity contribution in [1.29, 1.82) is 0 Å². The van der Waals surface area contributed by atoms with E-state index in [9.17, 15) is 4.79 Å². The first-order valence-corrected chi connectivity index (χ1v) is 5.44. The van der Waals surface area contributed by atoms with Gasteiger partial charge in [0.15, 0.2) is 0 Å². The minimum Gasteiger partial charge on any atom is -0.489 e. The molecule has 0 spiro atoms. The predicted octanol–water partition coefficient (Wildman–Crippen LogP) is 2.04. The average Bonchev–Trinajstić information content (AvgIpc) is 2.08. The largest absolute Gasteiger partial charge is 0.489 e. The van der Waals surface area contributed by atoms with Gasteiger partial charge in [-0.3, -0.25) is 0 Å². The van der Waals surface area contributed by atoms with Gasteiger partial charge in [0.05, 0.1) is 10.4 Å². The van der Waals surface area contributed by atoms with E-state index in [1.165, 1.54) is 0 Å². The normalized spacial score (nSPS) is 25.4. The molecule has 2 atom stereocenters. The standard InChI is InChI=1S/C10H11BrO3/c1-5-3-9-7(10(12)13-5)4-8(11)6(2)14-9/h3,6,8H,4H2,1-2H3. The Bertz CT molecular complexity index is 410. The lowest BCUT2D eigenvalue weighted by atomic mass is 10.1. The molecule has 1 aliphatic rings. The molecule has 0 saturated heterocycles. The summed E-state index contributed by atoms with van der Waals surface area (Å²) in [5.74, 6) is 1.26. The van der Waals surface area contributed by atoms with Gasteiger partial charge in [-0.05, 0) is 20.3 Å². The molecule has 0 fully saturated rings. The molecule has 76 valence electrons. The molecule has 1 aliphatic heterocycles. The van der Waals surface area contributed by atoms with Crippen molar-refractivity contribution in [3.05, 3.63) is 27.8 Å². The van der Waals surface area contributed by atoms with E-state index in [0.29, 0.717) is 23.5 Å². The minimum atomic E-state index is -0.281. The van der Waals surface area contributed by atoms with Crippen LogP contribution in [-0.4, -0.2) is 10.9 Å². The van der Waals surface area contributed by atoms with Crippen LogP contribution in [0.2, 0.25) is 0 Å². The molecule has 1 aromatic rings. The highest BCUT2D eigenvalue weighted by Crippen LogP contribution is 2.29. The lowest BCUT2D eigenvalue weighted by Crippen LogP contribution is -2.33. The maximum atomic E-state index is 11.5. The van der Waals surface area contributed by atoms with Crippen molar-refractivity contribution < 1.29 is 9.15 Å². The molecule has 0 aliphatic carbocycles. The fourth-order valence-corrected chi connectivity index (χ4v) is 1.97. The number of fused-ring (bicyclic) bond motifs is 1. The van der Waals surface area contributed by atoms with Crippen molar-refractivity contribution in [3.63, 3.8) is 0 Å². The molecule has 0 amide bonds. The molecule has 2 heterocycles. The Morgan fingerprint density at radius 1 is 1.57 bits per heavy atom. The SMILES string of the molecule is Cc1cc2c(c(=O)o1)CC(Br)C(C)O2. The van der Waals surface area contributed by atoms with Crippen LogP contribution in [0, 0.1) is 6.92 Å². The third kappa shape index (κ3) is 1.59. The summed E-state index contributed by atoms with van der Waals surface area (Å²) in [7, 11) is 0. The molecule has 0 saturated carbocycles. The van der Waals surface area contributed by atoms with Gasteiger partial charge in [-0.2, -0.15) is 0 Å². The lowest BCUT2D eigenvalue weighted by Gasteiger charge is -2.26. The summed E-state index contributed by atoms with van der Waals surface area (Å²) in [4.78, 5) is 11.7. The second-order valence-corrected chi connectivity index (χ2v) is 4.71. The van der Waals surface area contributed by atoms with Crippen molar-refractivity contribution in [2.45, 2.75) is 31.2 Å². The lowest BCUT2D eigenvalue weighted by molar-refractivity contribution is 0.196. The van der Waals surface area contributed by atoms with Gasteiger partial charge in [-0.1, -0.05) is 15.9 Å². The van der Waals surface area contributed by atoms with Crippen LogP contribution in [0.4, 0.5) is 0 Å². The van der Waals surface area contributed by atoms with Crippen LogP contribution in [0.5, 0.6) is 5.75 Å². The number of aryl methyl sites for hydroxylation is 1. The predicted molar refractivity (Wildman–Crippen MR) is 56.2 cm³/mol. The average molecular weight is 259 g/mol. The summed E-state index contributed by atoms with van der Waals surface area (Å²) in [6.45, 7) is 3.72. The number of alkyl halides is 1. The number of hydrogen-bond acceptors (Lipinski definition) is 3. The molecule has 4 heteroatoms. The van der Waals surface area contributed by atoms with Gasteiger partial charge < -0.3 is 9.15 Å². The Hall–Kier alpha value is -0.770. The first-order chi connectivity index (χ1) is 6.58. The number of halogens is 1. The van der Waals surface area contributed by atoms with Crippen LogP contribution >= 0.6 is 15.9 Å². The maximum absolute atomic E-state index is 11.5. The number of rotatable bonds is 0. The first kappa shape index (κ1) is 9.77. The van der Waals surface area contributed by atoms with Crippen molar-refractivity contribution in [1.82, 2.24) is 0 Å². The molecule has 1 aromatic heterocycles. The van der Waals surface area contributed by atoms with Crippen molar-refractivity contribution >= 4 is 15.9 Å². The Labute approximate surface area is 90.2 Å². The molecular formula is C10H11BrO3. The molecule has 3 nitrogen and oxygen atoms in total. The molecule has 0 aromatic carbocycles. The van der Waals surface area contributed by atoms with Crippen LogP contribution in [0.15, 0.2) is 15.3 Å². The second kappa shape index (κ2) is 3.42. The zero-order chi connectivity index (χ0) is 10.3. The van der Waals surface area contributed by atoms with E-state index in [1.807, 2.05) is 6.92 Å². The zero-order valence-electron chi connectivity index (χ0n) is 8.04. The Kier molecular flexibility index (Phi) is 2.39. The monoisotopic (exact) mass is 258 g/mol. The van der Waals surface area contributed by atoms with Gasteiger partial charge in [0.2, 0.25) is 0 Å². The number of hydrogen-bond donors (Lipinski definition) is 0. The van der Waals surface area contributed by atoms with E-state index < -0.39 is 0 Å². The van der Waals surface area contributed by atoms with Crippen LogP contribution in [0.1, 0.15) is 18.2 Å². The fourth-order valence-electron chi connectivity index (χ4n) is 1.53. The summed E-state index contributed by atoms with van der Waals surface area (Å²) >= 11 is 3.47. The Morgan fingerprint density at radius 2 is 2.29 bits per heavy atom. The number of ether oxygens (including phenoxy) is 1. The van der Waals surface area contributed by atoms with Crippen molar-refractivity contribution in [2.75, 3.05) is 0 Å². The topological polar surface area (TPSA) is 39.4 Å². The second-order valence-electron chi connectivity index (χ2n) is 3.53. The zero-order valence-corrected chi connectivity index (χ0v) is 9.63. The van der Waals surface area contributed by atoms with Gasteiger partial charge in [0, 0.05) is 6.07 Å². The molecule has 2 unspecified atom stereocenters. The summed E-state index contributed by atoms with van der Waals surface area (Å²) in [5.41, 5.74) is 0.354. The molecular weight excluding hydrogens is 248 g/mol.